The summed E-state index contributed by atoms with van der Waals surface area (Å²) < 4.78 is 0. The van der Waals surface area contributed by atoms with Gasteiger partial charge in [0.25, 0.3) is 0 Å². The van der Waals surface area contributed by atoms with Crippen LogP contribution in [0, 0.1) is 10.4 Å². The molecular formula is C55H57Cl2Zr. The molecule has 2 aliphatic carbocycles. The average Bonchev–Trinajstić information content (AvgIpc) is 3.78. The summed E-state index contributed by atoms with van der Waals surface area (Å²) in [6.07, 6.45) is 12.1. The summed E-state index contributed by atoms with van der Waals surface area (Å²) in [5.74, 6) is 0. The van der Waals surface area contributed by atoms with Gasteiger partial charge in [-0.2, -0.15) is 0 Å². The SMILES string of the molecule is CC(C)(C)c1cc2c(cc1C(C)(C)C)=c1c(c(C3=CC=CC3)c(C(C)(C)C)c(C(C)(C)C)c1=C(c1cccc3ccccc13)c1cccc3ccccc13)[C-]=2.[Cl-].[Cl-].[Zr+3]. The Bertz CT molecular complexity index is 2770. The van der Waals surface area contributed by atoms with Crippen LogP contribution in [0.25, 0.3) is 38.8 Å². The van der Waals surface area contributed by atoms with Crippen LogP contribution in [0.4, 0.5) is 0 Å². The molecule has 8 rings (SSSR count). The topological polar surface area (TPSA) is 0 Å². The van der Waals surface area contributed by atoms with Gasteiger partial charge in [-0.3, -0.25) is 0 Å². The maximum atomic E-state index is 4.20. The van der Waals surface area contributed by atoms with Gasteiger partial charge < -0.3 is 24.8 Å². The fourth-order valence-corrected chi connectivity index (χ4v) is 9.43. The molecule has 3 heteroatoms. The zero-order valence-electron chi connectivity index (χ0n) is 36.4. The second-order valence-electron chi connectivity index (χ2n) is 20.1. The standard InChI is InChI=1S/C55H57.2ClH.Zr/c1-52(2,3)44-32-37-31-43-46(36-23-13-14-24-36)50(54(7,8)9)51(55(10,11)12)49(48(43)42(37)33-45(44)53(4,5)6)47(40-29-19-25-34-21-15-17-27-38(34)40)41-30-20-26-35-22-16-18-28-39(35)41;;;/h13-23,25-30,32-33H,24H2,1-12H3;2*1H;/q-1;;;+3/p-2. The molecule has 0 nitrogen and oxygen atoms in total. The first kappa shape index (κ1) is 45.6. The van der Waals surface area contributed by atoms with Crippen LogP contribution in [-0.2, 0) is 47.9 Å². The molecule has 0 amide bonds. The zero-order chi connectivity index (χ0) is 39.2. The predicted octanol–water partition coefficient (Wildman–Crippen LogP) is 7.09. The van der Waals surface area contributed by atoms with Gasteiger partial charge in [-0.15, -0.1) is 33.4 Å². The molecule has 0 atom stereocenters. The third kappa shape index (κ3) is 7.82. The second-order valence-corrected chi connectivity index (χ2v) is 20.1. The number of rotatable bonds is 3. The van der Waals surface area contributed by atoms with Crippen LogP contribution >= 0.6 is 0 Å². The minimum absolute atomic E-state index is 0. The minimum atomic E-state index is -0.199. The largest absolute Gasteiger partial charge is 3.00 e. The molecule has 0 aliphatic heterocycles. The molecule has 2 aliphatic rings. The van der Waals surface area contributed by atoms with Crippen LogP contribution in [0.2, 0.25) is 0 Å². The Labute approximate surface area is 378 Å². The summed E-state index contributed by atoms with van der Waals surface area (Å²) >= 11 is 0. The Morgan fingerprint density at radius 1 is 0.552 bits per heavy atom. The number of hydrogen-bond donors (Lipinski definition) is 0. The van der Waals surface area contributed by atoms with Gasteiger partial charge in [0.1, 0.15) is 0 Å². The van der Waals surface area contributed by atoms with Crippen molar-refractivity contribution in [2.24, 2.45) is 0 Å². The van der Waals surface area contributed by atoms with Crippen LogP contribution in [0.15, 0.2) is 115 Å². The second kappa shape index (κ2) is 16.2. The third-order valence-electron chi connectivity index (χ3n) is 11.8. The van der Waals surface area contributed by atoms with E-state index in [-0.39, 0.29) is 72.7 Å². The number of allylic oxidation sites excluding steroid dienone is 4. The summed E-state index contributed by atoms with van der Waals surface area (Å²) in [5.41, 5.74) is 13.1. The van der Waals surface area contributed by atoms with E-state index in [4.69, 9.17) is 0 Å². The first-order valence-electron chi connectivity index (χ1n) is 20.3. The fourth-order valence-electron chi connectivity index (χ4n) is 9.43. The predicted molar refractivity (Wildman–Crippen MR) is 238 cm³/mol. The molecule has 1 radical (unpaired) electrons. The van der Waals surface area contributed by atoms with Gasteiger partial charge in [-0.25, -0.2) is 0 Å². The molecule has 6 aromatic rings. The van der Waals surface area contributed by atoms with Gasteiger partial charge in [0, 0.05) is 0 Å². The summed E-state index contributed by atoms with van der Waals surface area (Å²) in [7, 11) is 0. The van der Waals surface area contributed by atoms with Gasteiger partial charge in [-0.05, 0) is 77.1 Å². The number of benzene rings is 6. The van der Waals surface area contributed by atoms with Crippen molar-refractivity contribution in [2.75, 3.05) is 0 Å². The normalized spacial score (nSPS) is 13.6. The zero-order valence-corrected chi connectivity index (χ0v) is 40.4. The molecule has 6 aromatic carbocycles. The van der Waals surface area contributed by atoms with E-state index < -0.39 is 0 Å². The van der Waals surface area contributed by atoms with E-state index in [0.29, 0.717) is 0 Å². The van der Waals surface area contributed by atoms with Crippen LogP contribution in [0.1, 0.15) is 134 Å². The van der Waals surface area contributed by atoms with Gasteiger partial charge in [0.2, 0.25) is 0 Å². The fraction of sp³-hybridized carbons (Fsp3) is 0.309. The molecule has 0 saturated heterocycles. The average molecular weight is 880 g/mol. The van der Waals surface area contributed by atoms with E-state index in [2.05, 4.69) is 204 Å². The van der Waals surface area contributed by atoms with E-state index in [0.717, 1.165) is 6.42 Å². The maximum absolute atomic E-state index is 4.20. The summed E-state index contributed by atoms with van der Waals surface area (Å²) in [4.78, 5) is 0. The van der Waals surface area contributed by atoms with E-state index in [9.17, 15) is 0 Å². The molecule has 0 unspecified atom stereocenters. The monoisotopic (exact) mass is 877 g/mol. The molecule has 0 spiro atoms. The van der Waals surface area contributed by atoms with Crippen molar-refractivity contribution >= 4 is 38.8 Å². The molecule has 0 bridgehead atoms. The summed E-state index contributed by atoms with van der Waals surface area (Å²) in [5, 5.41) is 10.3. The van der Waals surface area contributed by atoms with Crippen LogP contribution in [0.3, 0.4) is 0 Å². The number of halogens is 2. The summed E-state index contributed by atoms with van der Waals surface area (Å²) in [6, 6.07) is 36.7. The van der Waals surface area contributed by atoms with Crippen molar-refractivity contribution < 1.29 is 51.0 Å². The van der Waals surface area contributed by atoms with Crippen LogP contribution in [0.5, 0.6) is 0 Å². The Morgan fingerprint density at radius 3 is 1.50 bits per heavy atom. The Morgan fingerprint density at radius 2 is 1.03 bits per heavy atom. The van der Waals surface area contributed by atoms with E-state index >= 15 is 0 Å². The molecule has 0 aromatic heterocycles. The first-order valence-corrected chi connectivity index (χ1v) is 20.3. The Kier molecular flexibility index (Phi) is 12.7. The molecular weight excluding hydrogens is 823 g/mol. The van der Waals surface area contributed by atoms with Crippen molar-refractivity contribution in [2.45, 2.75) is 111 Å². The molecule has 0 fully saturated rings. The maximum Gasteiger partial charge on any atom is 3.00 e. The quantitative estimate of drug-likeness (QED) is 0.167. The summed E-state index contributed by atoms with van der Waals surface area (Å²) in [6.45, 7) is 28.8. The van der Waals surface area contributed by atoms with Gasteiger partial charge in [0.05, 0.1) is 0 Å². The minimum Gasteiger partial charge on any atom is -1.00 e. The van der Waals surface area contributed by atoms with E-state index in [1.807, 2.05) is 0 Å². The van der Waals surface area contributed by atoms with Gasteiger partial charge in [0.15, 0.2) is 0 Å². The van der Waals surface area contributed by atoms with E-state index in [1.54, 1.807) is 0 Å². The van der Waals surface area contributed by atoms with Gasteiger partial charge >= 0.3 is 26.2 Å². The van der Waals surface area contributed by atoms with Crippen LogP contribution < -0.4 is 35.3 Å². The molecule has 58 heavy (non-hydrogen) atoms. The number of fused-ring (bicyclic) bond motifs is 4. The smallest absolute Gasteiger partial charge is 1.00 e. The van der Waals surface area contributed by atoms with Crippen molar-refractivity contribution in [1.82, 2.24) is 0 Å². The van der Waals surface area contributed by atoms with Gasteiger partial charge in [-0.1, -0.05) is 220 Å². The molecule has 295 valence electrons. The first-order chi connectivity index (χ1) is 25.9. The molecule has 0 saturated carbocycles. The molecule has 0 heterocycles. The van der Waals surface area contributed by atoms with Crippen LogP contribution in [-0.4, -0.2) is 0 Å². The number of hydrogen-bond acceptors (Lipinski definition) is 0. The van der Waals surface area contributed by atoms with Crippen molar-refractivity contribution in [3.05, 3.63) is 181 Å². The Balaban J connectivity index is 0.00000214. The van der Waals surface area contributed by atoms with Crippen molar-refractivity contribution in [3.63, 3.8) is 0 Å². The van der Waals surface area contributed by atoms with Crippen molar-refractivity contribution in [1.29, 1.82) is 0 Å². The Hall–Kier alpha value is -3.48. The molecule has 0 N–H and O–H groups in total. The third-order valence-corrected chi connectivity index (χ3v) is 11.8. The van der Waals surface area contributed by atoms with Crippen molar-refractivity contribution in [3.8, 4) is 0 Å². The van der Waals surface area contributed by atoms with E-state index in [1.165, 1.54) is 98.1 Å².